The van der Waals surface area contributed by atoms with Crippen LogP contribution in [0.3, 0.4) is 0 Å². The number of benzene rings is 3. The molecule has 2 aromatic rings. The SMILES string of the molecule is CCN=c1cc2oc3cc(NCC)c(C)cc3c(-c3cc(C(O)C(C)C)ccc3C(=O)O)c-2cc1C. The Morgan fingerprint density at radius 2 is 1.78 bits per heavy atom. The Morgan fingerprint density at radius 1 is 1.03 bits per heavy atom. The first-order chi connectivity index (χ1) is 17.2. The summed E-state index contributed by atoms with van der Waals surface area (Å²) in [5.74, 6) is -0.404. The molecular weight excluding hydrogens is 452 g/mol. The van der Waals surface area contributed by atoms with Crippen LogP contribution in [0.25, 0.3) is 33.4 Å². The third kappa shape index (κ3) is 4.61. The van der Waals surface area contributed by atoms with E-state index < -0.39 is 12.1 Å². The fourth-order valence-corrected chi connectivity index (χ4v) is 4.72. The number of carboxylic acids is 1. The number of fused-ring (bicyclic) bond motifs is 2. The Bertz CT molecular complexity index is 1480. The zero-order chi connectivity index (χ0) is 26.1. The first-order valence-electron chi connectivity index (χ1n) is 12.5. The summed E-state index contributed by atoms with van der Waals surface area (Å²) in [4.78, 5) is 17.0. The molecule has 4 rings (SSSR count). The molecule has 3 N–H and O–H groups in total. The Balaban J connectivity index is 2.19. The van der Waals surface area contributed by atoms with E-state index in [0.717, 1.165) is 45.2 Å². The van der Waals surface area contributed by atoms with Crippen LogP contribution in [0.1, 0.15) is 60.8 Å². The number of hydrogen-bond donors (Lipinski definition) is 3. The monoisotopic (exact) mass is 486 g/mol. The van der Waals surface area contributed by atoms with Crippen molar-refractivity contribution in [2.45, 2.75) is 47.6 Å². The highest BCUT2D eigenvalue weighted by Gasteiger charge is 2.24. The Kier molecular flexibility index (Phi) is 7.18. The van der Waals surface area contributed by atoms with Gasteiger partial charge in [0.15, 0.2) is 0 Å². The van der Waals surface area contributed by atoms with E-state index in [1.165, 1.54) is 0 Å². The molecule has 2 aromatic carbocycles. The van der Waals surface area contributed by atoms with Crippen molar-refractivity contribution < 1.29 is 19.4 Å². The molecule has 0 radical (unpaired) electrons. The number of anilines is 1. The minimum Gasteiger partial charge on any atom is -0.478 e. The first-order valence-corrected chi connectivity index (χ1v) is 12.5. The van der Waals surface area contributed by atoms with Gasteiger partial charge in [0.1, 0.15) is 11.3 Å². The Morgan fingerprint density at radius 3 is 2.42 bits per heavy atom. The standard InChI is InChI=1S/C30H34N2O4/c1-7-31-24-14-26-22(11-17(24)5)28(23-12-18(6)25(32-8-2)15-27(23)36-26)21-13-19(29(33)16(3)4)9-10-20(21)30(34)35/h9-16,29,31,33H,7-8H2,1-6H3,(H,34,35). The Hall–Kier alpha value is -3.64. The van der Waals surface area contributed by atoms with Gasteiger partial charge >= 0.3 is 5.97 Å². The molecule has 1 heterocycles. The van der Waals surface area contributed by atoms with Crippen LogP contribution in [0.15, 0.2) is 51.9 Å². The van der Waals surface area contributed by atoms with E-state index in [2.05, 4.69) is 10.3 Å². The van der Waals surface area contributed by atoms with E-state index in [4.69, 9.17) is 4.42 Å². The second-order valence-corrected chi connectivity index (χ2v) is 9.58. The molecule has 0 spiro atoms. The molecule has 1 aliphatic heterocycles. The van der Waals surface area contributed by atoms with E-state index in [1.54, 1.807) is 12.1 Å². The second kappa shape index (κ2) is 10.2. The molecule has 0 bridgehead atoms. The fourth-order valence-electron chi connectivity index (χ4n) is 4.72. The number of rotatable bonds is 7. The lowest BCUT2D eigenvalue weighted by atomic mass is 9.87. The number of aliphatic hydroxyl groups excluding tert-OH is 1. The van der Waals surface area contributed by atoms with Crippen LogP contribution in [-0.4, -0.2) is 29.3 Å². The number of aliphatic hydroxyl groups is 1. The Labute approximate surface area is 211 Å². The summed E-state index contributed by atoms with van der Waals surface area (Å²) in [6, 6.07) is 13.1. The maximum absolute atomic E-state index is 12.4. The van der Waals surface area contributed by atoms with E-state index in [-0.39, 0.29) is 11.5 Å². The van der Waals surface area contributed by atoms with Gasteiger partial charge in [-0.3, -0.25) is 4.99 Å². The van der Waals surface area contributed by atoms with Crippen molar-refractivity contribution in [1.82, 2.24) is 0 Å². The third-order valence-electron chi connectivity index (χ3n) is 6.60. The van der Waals surface area contributed by atoms with E-state index in [9.17, 15) is 15.0 Å². The number of carboxylic acid groups (broad SMARTS) is 1. The average molecular weight is 487 g/mol. The molecule has 6 heteroatoms. The molecule has 2 aliphatic rings. The summed E-state index contributed by atoms with van der Waals surface area (Å²) >= 11 is 0. The van der Waals surface area contributed by atoms with E-state index in [1.807, 2.05) is 71.9 Å². The minimum atomic E-state index is -1.02. The number of nitrogens with zero attached hydrogens (tertiary/aromatic N) is 1. The highest BCUT2D eigenvalue weighted by Crippen LogP contribution is 2.43. The smallest absolute Gasteiger partial charge is 0.336 e. The lowest BCUT2D eigenvalue weighted by molar-refractivity contribution is 0.0697. The molecule has 36 heavy (non-hydrogen) atoms. The molecular formula is C30H34N2O4. The summed E-state index contributed by atoms with van der Waals surface area (Å²) in [6.45, 7) is 13.3. The number of aryl methyl sites for hydroxylation is 2. The van der Waals surface area contributed by atoms with Crippen LogP contribution >= 0.6 is 0 Å². The molecule has 6 nitrogen and oxygen atoms in total. The highest BCUT2D eigenvalue weighted by atomic mass is 16.4. The summed E-state index contributed by atoms with van der Waals surface area (Å²) < 4.78 is 6.41. The highest BCUT2D eigenvalue weighted by molar-refractivity contribution is 6.08. The summed E-state index contributed by atoms with van der Waals surface area (Å²) in [5.41, 5.74) is 6.63. The summed E-state index contributed by atoms with van der Waals surface area (Å²) in [5, 5.41) is 26.0. The molecule has 0 saturated carbocycles. The van der Waals surface area contributed by atoms with Crippen LogP contribution in [-0.2, 0) is 0 Å². The van der Waals surface area contributed by atoms with Gasteiger partial charge in [-0.1, -0.05) is 19.9 Å². The predicted molar refractivity (Wildman–Crippen MR) is 145 cm³/mol. The summed E-state index contributed by atoms with van der Waals surface area (Å²) in [7, 11) is 0. The molecule has 1 aliphatic carbocycles. The van der Waals surface area contributed by atoms with Gasteiger partial charge in [0.2, 0.25) is 0 Å². The molecule has 0 amide bonds. The van der Waals surface area contributed by atoms with Crippen LogP contribution in [0.2, 0.25) is 0 Å². The number of carbonyl (C=O) groups is 1. The van der Waals surface area contributed by atoms with Crippen molar-refractivity contribution in [3.8, 4) is 22.5 Å². The van der Waals surface area contributed by atoms with Crippen molar-refractivity contribution in [3.63, 3.8) is 0 Å². The van der Waals surface area contributed by atoms with Gasteiger partial charge in [-0.25, -0.2) is 4.79 Å². The van der Waals surface area contributed by atoms with Gasteiger partial charge < -0.3 is 19.9 Å². The van der Waals surface area contributed by atoms with Gasteiger partial charge in [0.05, 0.1) is 17.0 Å². The first kappa shape index (κ1) is 25.5. The normalized spacial score (nSPS) is 13.1. The quantitative estimate of drug-likeness (QED) is 0.257. The van der Waals surface area contributed by atoms with Gasteiger partial charge in [0, 0.05) is 47.4 Å². The zero-order valence-electron chi connectivity index (χ0n) is 21.8. The van der Waals surface area contributed by atoms with Crippen molar-refractivity contribution in [2.75, 3.05) is 18.4 Å². The van der Waals surface area contributed by atoms with Crippen LogP contribution in [0.5, 0.6) is 0 Å². The second-order valence-electron chi connectivity index (χ2n) is 9.58. The van der Waals surface area contributed by atoms with Gasteiger partial charge in [-0.2, -0.15) is 0 Å². The molecule has 0 fully saturated rings. The van der Waals surface area contributed by atoms with Gasteiger partial charge in [-0.15, -0.1) is 0 Å². The predicted octanol–water partition coefficient (Wildman–Crippen LogP) is 6.56. The molecule has 188 valence electrons. The van der Waals surface area contributed by atoms with Crippen molar-refractivity contribution in [3.05, 3.63) is 70.1 Å². The van der Waals surface area contributed by atoms with Crippen molar-refractivity contribution in [1.29, 1.82) is 0 Å². The minimum absolute atomic E-state index is 0.0156. The molecule has 0 aromatic heterocycles. The maximum Gasteiger partial charge on any atom is 0.336 e. The largest absolute Gasteiger partial charge is 0.478 e. The lowest BCUT2D eigenvalue weighted by Gasteiger charge is -2.21. The maximum atomic E-state index is 12.4. The fraction of sp³-hybridized carbons (Fsp3) is 0.333. The number of hydrogen-bond acceptors (Lipinski definition) is 5. The lowest BCUT2D eigenvalue weighted by Crippen LogP contribution is -2.10. The van der Waals surface area contributed by atoms with Crippen molar-refractivity contribution in [2.24, 2.45) is 10.9 Å². The van der Waals surface area contributed by atoms with Crippen LogP contribution in [0.4, 0.5) is 5.69 Å². The number of aromatic carboxylic acids is 1. The zero-order valence-corrected chi connectivity index (χ0v) is 21.8. The average Bonchev–Trinajstić information content (AvgIpc) is 2.83. The summed E-state index contributed by atoms with van der Waals surface area (Å²) in [6.07, 6.45) is -0.712. The van der Waals surface area contributed by atoms with Crippen LogP contribution < -0.4 is 10.7 Å². The van der Waals surface area contributed by atoms with E-state index >= 15 is 0 Å². The third-order valence-corrected chi connectivity index (χ3v) is 6.60. The van der Waals surface area contributed by atoms with Crippen LogP contribution in [0, 0.1) is 19.8 Å². The van der Waals surface area contributed by atoms with E-state index in [0.29, 0.717) is 29.0 Å². The molecule has 0 saturated heterocycles. The van der Waals surface area contributed by atoms with Gasteiger partial charge in [-0.05, 0) is 80.1 Å². The molecule has 1 atom stereocenters. The van der Waals surface area contributed by atoms with Gasteiger partial charge in [0.25, 0.3) is 0 Å². The molecule has 1 unspecified atom stereocenters. The number of nitrogens with one attached hydrogen (secondary N) is 1. The van der Waals surface area contributed by atoms with Crippen molar-refractivity contribution >= 4 is 22.6 Å². The topological polar surface area (TPSA) is 95.1 Å².